The van der Waals surface area contributed by atoms with Crippen LogP contribution in [0, 0.1) is 0 Å². The van der Waals surface area contributed by atoms with E-state index < -0.39 is 5.97 Å². The second-order valence-corrected chi connectivity index (χ2v) is 11.8. The first kappa shape index (κ1) is 28.7. The minimum atomic E-state index is -0.920. The van der Waals surface area contributed by atoms with Crippen LogP contribution >= 0.6 is 11.6 Å². The quantitative estimate of drug-likeness (QED) is 0.192. The summed E-state index contributed by atoms with van der Waals surface area (Å²) in [5.74, 6) is 0.324. The Morgan fingerprint density at radius 3 is 2.33 bits per heavy atom. The van der Waals surface area contributed by atoms with E-state index in [9.17, 15) is 9.90 Å². The van der Waals surface area contributed by atoms with Crippen LogP contribution in [0.3, 0.4) is 0 Å². The van der Waals surface area contributed by atoms with Gasteiger partial charge in [0.2, 0.25) is 0 Å². The lowest BCUT2D eigenvalue weighted by Gasteiger charge is -2.25. The SMILES string of the molecule is COc1ccc(-c2ccc(Cl)cc2)c(-c2ccc3cc(-c4ccc(/C(C)=C\C(=O)O)cc4C4CCCCC4)ccc3n2)c1. The highest BCUT2D eigenvalue weighted by molar-refractivity contribution is 6.30. The van der Waals surface area contributed by atoms with Gasteiger partial charge in [-0.05, 0) is 107 Å². The molecule has 1 aromatic heterocycles. The van der Waals surface area contributed by atoms with Gasteiger partial charge in [0.15, 0.2) is 0 Å². The maximum Gasteiger partial charge on any atom is 0.328 e. The molecule has 6 rings (SSSR count). The van der Waals surface area contributed by atoms with Crippen LogP contribution in [0.1, 0.15) is 56.1 Å². The third-order valence-corrected chi connectivity index (χ3v) is 8.80. The van der Waals surface area contributed by atoms with Crippen molar-refractivity contribution in [3.05, 3.63) is 113 Å². The average Bonchev–Trinajstić information content (AvgIpc) is 3.04. The molecule has 0 bridgehead atoms. The van der Waals surface area contributed by atoms with Crippen LogP contribution in [0.5, 0.6) is 5.75 Å². The number of halogens is 1. The van der Waals surface area contributed by atoms with Gasteiger partial charge < -0.3 is 9.84 Å². The molecule has 43 heavy (non-hydrogen) atoms. The number of nitrogens with zero attached hydrogens (tertiary/aromatic N) is 1. The fourth-order valence-electron chi connectivity index (χ4n) is 6.28. The van der Waals surface area contributed by atoms with E-state index in [1.165, 1.54) is 36.5 Å². The van der Waals surface area contributed by atoms with Gasteiger partial charge in [0.05, 0.1) is 18.3 Å². The molecule has 216 valence electrons. The predicted molar refractivity (Wildman–Crippen MR) is 177 cm³/mol. The van der Waals surface area contributed by atoms with E-state index in [1.807, 2.05) is 49.4 Å². The number of carbonyl (C=O) groups is 1. The van der Waals surface area contributed by atoms with Gasteiger partial charge in [-0.3, -0.25) is 0 Å². The molecule has 1 fully saturated rings. The van der Waals surface area contributed by atoms with Crippen molar-refractivity contribution >= 4 is 34.0 Å². The summed E-state index contributed by atoms with van der Waals surface area (Å²) < 4.78 is 5.56. The Labute approximate surface area is 257 Å². The Balaban J connectivity index is 1.41. The number of fused-ring (bicyclic) bond motifs is 1. The standard InChI is InChI=1S/C38H34ClNO3/c1-24(20-38(41)42)27-10-16-33(34(22-27)25-6-4-3-5-7-25)28-11-18-36-29(21-28)12-19-37(40-36)35-23-31(43-2)15-17-32(35)26-8-13-30(39)14-9-26/h8-23,25H,3-7H2,1-2H3,(H,41,42)/b24-20-. The van der Waals surface area contributed by atoms with Crippen molar-refractivity contribution in [2.24, 2.45) is 0 Å². The van der Waals surface area contributed by atoms with Crippen molar-refractivity contribution in [1.82, 2.24) is 4.98 Å². The van der Waals surface area contributed by atoms with Crippen LogP contribution in [-0.2, 0) is 4.79 Å². The summed E-state index contributed by atoms with van der Waals surface area (Å²) in [6, 6.07) is 31.0. The largest absolute Gasteiger partial charge is 0.497 e. The first-order chi connectivity index (χ1) is 20.9. The van der Waals surface area contributed by atoms with Crippen LogP contribution in [0.4, 0.5) is 0 Å². The fraction of sp³-hybridized carbons (Fsp3) is 0.211. The number of allylic oxidation sites excluding steroid dienone is 1. The summed E-state index contributed by atoms with van der Waals surface area (Å²) in [6.45, 7) is 1.87. The number of carboxylic acids is 1. The van der Waals surface area contributed by atoms with Crippen LogP contribution in [0.15, 0.2) is 97.1 Å². The number of rotatable bonds is 7. The lowest BCUT2D eigenvalue weighted by Crippen LogP contribution is -2.07. The Morgan fingerprint density at radius 2 is 1.58 bits per heavy atom. The molecule has 5 heteroatoms. The maximum absolute atomic E-state index is 11.3. The number of carboxylic acid groups (broad SMARTS) is 1. The smallest absolute Gasteiger partial charge is 0.328 e. The molecule has 1 saturated carbocycles. The molecule has 0 atom stereocenters. The number of hydrogen-bond donors (Lipinski definition) is 1. The summed E-state index contributed by atoms with van der Waals surface area (Å²) >= 11 is 6.16. The zero-order valence-corrected chi connectivity index (χ0v) is 25.2. The third kappa shape index (κ3) is 6.21. The summed E-state index contributed by atoms with van der Waals surface area (Å²) in [7, 11) is 1.67. The topological polar surface area (TPSA) is 59.4 Å². The van der Waals surface area contributed by atoms with Crippen LogP contribution in [0.2, 0.25) is 5.02 Å². The minimum absolute atomic E-state index is 0.469. The maximum atomic E-state index is 11.3. The summed E-state index contributed by atoms with van der Waals surface area (Å²) in [5, 5.41) is 11.1. The zero-order chi connectivity index (χ0) is 29.9. The van der Waals surface area contributed by atoms with Gasteiger partial charge in [0.1, 0.15) is 5.75 Å². The highest BCUT2D eigenvalue weighted by Crippen LogP contribution is 2.41. The summed E-state index contributed by atoms with van der Waals surface area (Å²) in [5.41, 5.74) is 10.3. The molecule has 0 amide bonds. The summed E-state index contributed by atoms with van der Waals surface area (Å²) in [4.78, 5) is 16.4. The molecular formula is C38H34ClNO3. The number of hydrogen-bond acceptors (Lipinski definition) is 3. The van der Waals surface area contributed by atoms with E-state index in [0.29, 0.717) is 10.9 Å². The highest BCUT2D eigenvalue weighted by atomic mass is 35.5. The molecular weight excluding hydrogens is 554 g/mol. The van der Waals surface area contributed by atoms with Gasteiger partial charge in [0.25, 0.3) is 0 Å². The van der Waals surface area contributed by atoms with Gasteiger partial charge in [0, 0.05) is 22.0 Å². The van der Waals surface area contributed by atoms with E-state index in [-0.39, 0.29) is 0 Å². The van der Waals surface area contributed by atoms with Gasteiger partial charge in [-0.25, -0.2) is 9.78 Å². The highest BCUT2D eigenvalue weighted by Gasteiger charge is 2.21. The number of aromatic nitrogens is 1. The molecule has 1 aliphatic carbocycles. The van der Waals surface area contributed by atoms with Gasteiger partial charge in [-0.2, -0.15) is 0 Å². The molecule has 0 aliphatic heterocycles. The molecule has 0 radical (unpaired) electrons. The molecule has 1 heterocycles. The van der Waals surface area contributed by atoms with Gasteiger partial charge >= 0.3 is 5.97 Å². The molecule has 0 unspecified atom stereocenters. The Bertz CT molecular complexity index is 1840. The number of benzene rings is 4. The monoisotopic (exact) mass is 587 g/mol. The number of aliphatic carboxylic acids is 1. The molecule has 5 aromatic rings. The zero-order valence-electron chi connectivity index (χ0n) is 24.4. The second-order valence-electron chi connectivity index (χ2n) is 11.3. The fourth-order valence-corrected chi connectivity index (χ4v) is 6.40. The lowest BCUT2D eigenvalue weighted by molar-refractivity contribution is -0.131. The predicted octanol–water partition coefficient (Wildman–Crippen LogP) is 10.4. The van der Waals surface area contributed by atoms with Crippen LogP contribution in [-0.4, -0.2) is 23.2 Å². The minimum Gasteiger partial charge on any atom is -0.497 e. The van der Waals surface area contributed by atoms with Gasteiger partial charge in [-0.1, -0.05) is 79.4 Å². The Hall–Kier alpha value is -4.41. The van der Waals surface area contributed by atoms with Gasteiger partial charge in [-0.15, -0.1) is 0 Å². The molecule has 0 spiro atoms. The van der Waals surface area contributed by atoms with Crippen molar-refractivity contribution in [2.75, 3.05) is 7.11 Å². The number of methoxy groups -OCH3 is 1. The van der Waals surface area contributed by atoms with Crippen LogP contribution < -0.4 is 4.74 Å². The summed E-state index contributed by atoms with van der Waals surface area (Å²) in [6.07, 6.45) is 7.34. The van der Waals surface area contributed by atoms with E-state index in [4.69, 9.17) is 21.3 Å². The lowest BCUT2D eigenvalue weighted by atomic mass is 9.79. The molecule has 4 aromatic carbocycles. The van der Waals surface area contributed by atoms with E-state index in [1.54, 1.807) is 7.11 Å². The molecule has 0 saturated heterocycles. The number of pyridine rings is 1. The first-order valence-corrected chi connectivity index (χ1v) is 15.2. The van der Waals surface area contributed by atoms with Crippen molar-refractivity contribution in [2.45, 2.75) is 44.9 Å². The third-order valence-electron chi connectivity index (χ3n) is 8.55. The van der Waals surface area contributed by atoms with Crippen molar-refractivity contribution in [1.29, 1.82) is 0 Å². The van der Waals surface area contributed by atoms with E-state index in [2.05, 4.69) is 48.5 Å². The van der Waals surface area contributed by atoms with E-state index in [0.717, 1.165) is 68.6 Å². The molecule has 1 aliphatic rings. The molecule has 4 nitrogen and oxygen atoms in total. The molecule has 1 N–H and O–H groups in total. The average molecular weight is 588 g/mol. The van der Waals surface area contributed by atoms with E-state index >= 15 is 0 Å². The van der Waals surface area contributed by atoms with Crippen molar-refractivity contribution in [3.8, 4) is 39.3 Å². The van der Waals surface area contributed by atoms with Crippen molar-refractivity contribution in [3.63, 3.8) is 0 Å². The Kier molecular flexibility index (Phi) is 8.31. The Morgan fingerprint density at radius 1 is 0.837 bits per heavy atom. The first-order valence-electron chi connectivity index (χ1n) is 14.8. The van der Waals surface area contributed by atoms with Crippen LogP contribution in [0.25, 0.3) is 50.0 Å². The second kappa shape index (κ2) is 12.4. The normalized spacial score (nSPS) is 14.2. The van der Waals surface area contributed by atoms with Crippen molar-refractivity contribution < 1.29 is 14.6 Å². The number of ether oxygens (including phenoxy) is 1.